The Bertz CT molecular complexity index is 230. The first-order valence-corrected chi connectivity index (χ1v) is 2.44. The third-order valence-electron chi connectivity index (χ3n) is 0.908. The summed E-state index contributed by atoms with van der Waals surface area (Å²) in [5.41, 5.74) is 0.220. The molecule has 0 saturated heterocycles. The summed E-state index contributed by atoms with van der Waals surface area (Å²) in [7, 11) is 0. The Labute approximate surface area is 156 Å². The van der Waals surface area contributed by atoms with Crippen LogP contribution in [0.3, 0.4) is 0 Å². The van der Waals surface area contributed by atoms with Gasteiger partial charge in [0.1, 0.15) is 0 Å². The molecule has 0 spiro atoms. The average Bonchev–Trinajstić information content (AvgIpc) is 1.90. The van der Waals surface area contributed by atoms with E-state index in [-0.39, 0.29) is 112 Å². The molecule has 0 aliphatic rings. The summed E-state index contributed by atoms with van der Waals surface area (Å²) < 4.78 is 0. The molecule has 3 nitrogen and oxygen atoms in total. The number of carboxylic acids is 1. The number of nitrogens with zero attached hydrogens (tertiary/aromatic N) is 1. The van der Waals surface area contributed by atoms with Crippen molar-refractivity contribution in [3.63, 3.8) is 0 Å². The van der Waals surface area contributed by atoms with Gasteiger partial charge in [0.05, 0.1) is 5.56 Å². The molecular formula is C6H5CaCl4NO2Zn. The van der Waals surface area contributed by atoms with Crippen molar-refractivity contribution in [2.24, 2.45) is 0 Å². The van der Waals surface area contributed by atoms with Crippen LogP contribution in [0.2, 0.25) is 0 Å². The summed E-state index contributed by atoms with van der Waals surface area (Å²) in [6.45, 7) is 0. The van der Waals surface area contributed by atoms with Crippen LogP contribution in [-0.4, -0.2) is 53.8 Å². The number of aromatic nitrogens is 1. The molecule has 1 N–H and O–H groups in total. The Balaban J connectivity index is -0.0000000337. The van der Waals surface area contributed by atoms with Gasteiger partial charge in [-0.2, -0.15) is 0 Å². The van der Waals surface area contributed by atoms with Crippen LogP contribution in [0.25, 0.3) is 0 Å². The van der Waals surface area contributed by atoms with Crippen LogP contribution < -0.4 is 49.6 Å². The van der Waals surface area contributed by atoms with Crippen LogP contribution in [0.15, 0.2) is 24.5 Å². The third kappa shape index (κ3) is 15.7. The molecule has 0 radical (unpaired) electrons. The number of pyridine rings is 1. The normalized spacial score (nSPS) is 5.33. The largest absolute Gasteiger partial charge is 2.00 e. The minimum absolute atomic E-state index is 0. The molecule has 78 valence electrons. The summed E-state index contributed by atoms with van der Waals surface area (Å²) >= 11 is 0. The molecule has 0 aliphatic carbocycles. The third-order valence-corrected chi connectivity index (χ3v) is 0.908. The molecule has 9 heteroatoms. The zero-order valence-corrected chi connectivity index (χ0v) is 15.7. The van der Waals surface area contributed by atoms with Gasteiger partial charge < -0.3 is 54.7 Å². The van der Waals surface area contributed by atoms with E-state index in [2.05, 4.69) is 4.98 Å². The first kappa shape index (κ1) is 36.0. The maximum Gasteiger partial charge on any atom is 2.00 e. The fourth-order valence-corrected chi connectivity index (χ4v) is 0.489. The standard InChI is InChI=1S/C6H5NO2.Ca.4ClH.Zn/c8-6(9)5-2-1-3-7-4-5;;;;;;/h1-4H,(H,8,9);;4*1H;/q;+2;;;;;+2/p-4. The predicted octanol–water partition coefficient (Wildman–Crippen LogP) is -11.6. The average molecular weight is 370 g/mol. The summed E-state index contributed by atoms with van der Waals surface area (Å²) in [6.07, 6.45) is 2.84. The van der Waals surface area contributed by atoms with E-state index in [1.165, 1.54) is 18.5 Å². The van der Waals surface area contributed by atoms with Crippen molar-refractivity contribution < 1.29 is 79.0 Å². The molecule has 0 unspecified atom stereocenters. The van der Waals surface area contributed by atoms with E-state index in [0.717, 1.165) is 0 Å². The number of rotatable bonds is 1. The second kappa shape index (κ2) is 21.0. The second-order valence-electron chi connectivity index (χ2n) is 1.55. The molecule has 0 aromatic carbocycles. The topological polar surface area (TPSA) is 50.2 Å². The molecule has 1 aromatic rings. The van der Waals surface area contributed by atoms with Gasteiger partial charge in [-0.1, -0.05) is 0 Å². The zero-order valence-electron chi connectivity index (χ0n) is 7.54. The molecule has 1 aromatic heterocycles. The predicted molar refractivity (Wildman–Crippen MR) is 37.0 cm³/mol. The number of carbonyl (C=O) groups is 1. The summed E-state index contributed by atoms with van der Waals surface area (Å²) in [4.78, 5) is 13.8. The van der Waals surface area contributed by atoms with E-state index < -0.39 is 5.97 Å². The van der Waals surface area contributed by atoms with Crippen molar-refractivity contribution in [1.29, 1.82) is 0 Å². The number of hydrogen-bond acceptors (Lipinski definition) is 2. The number of aromatic carboxylic acids is 1. The van der Waals surface area contributed by atoms with Gasteiger partial charge in [-0.25, -0.2) is 4.79 Å². The fraction of sp³-hybridized carbons (Fsp3) is 0. The Morgan fingerprint density at radius 2 is 1.67 bits per heavy atom. The molecular weight excluding hydrogens is 365 g/mol. The van der Waals surface area contributed by atoms with Crippen molar-refractivity contribution >= 4 is 43.7 Å². The van der Waals surface area contributed by atoms with E-state index in [4.69, 9.17) is 5.11 Å². The van der Waals surface area contributed by atoms with Gasteiger partial charge in [0, 0.05) is 12.4 Å². The van der Waals surface area contributed by atoms with Crippen molar-refractivity contribution in [3.8, 4) is 0 Å². The fourth-order valence-electron chi connectivity index (χ4n) is 0.489. The van der Waals surface area contributed by atoms with E-state index in [1.807, 2.05) is 0 Å². The Kier molecular flexibility index (Phi) is 50.3. The van der Waals surface area contributed by atoms with Crippen LogP contribution in [0, 0.1) is 0 Å². The van der Waals surface area contributed by atoms with Gasteiger partial charge in [0.25, 0.3) is 0 Å². The van der Waals surface area contributed by atoms with Gasteiger partial charge in [0.2, 0.25) is 0 Å². The summed E-state index contributed by atoms with van der Waals surface area (Å²) in [5.74, 6) is -0.942. The van der Waals surface area contributed by atoms with Crippen molar-refractivity contribution in [2.75, 3.05) is 0 Å². The van der Waals surface area contributed by atoms with Gasteiger partial charge in [-0.05, 0) is 12.1 Å². The van der Waals surface area contributed by atoms with Crippen LogP contribution in [0.1, 0.15) is 10.4 Å². The van der Waals surface area contributed by atoms with Crippen LogP contribution in [-0.2, 0) is 19.5 Å². The Hall–Kier alpha value is 1.66. The van der Waals surface area contributed by atoms with Gasteiger partial charge in [-0.15, -0.1) is 0 Å². The van der Waals surface area contributed by atoms with Crippen LogP contribution in [0.4, 0.5) is 0 Å². The maximum atomic E-state index is 10.2. The molecule has 15 heavy (non-hydrogen) atoms. The van der Waals surface area contributed by atoms with Crippen molar-refractivity contribution in [2.45, 2.75) is 0 Å². The molecule has 0 saturated carbocycles. The van der Waals surface area contributed by atoms with Gasteiger partial charge in [0.15, 0.2) is 0 Å². The maximum absolute atomic E-state index is 10.2. The number of halogens is 4. The minimum atomic E-state index is -0.942. The monoisotopic (exact) mass is 367 g/mol. The molecule has 0 atom stereocenters. The smallest absolute Gasteiger partial charge is 1.00 e. The summed E-state index contributed by atoms with van der Waals surface area (Å²) in [6, 6.07) is 3.08. The molecule has 1 heterocycles. The van der Waals surface area contributed by atoms with E-state index >= 15 is 0 Å². The first-order chi connectivity index (χ1) is 4.30. The molecule has 0 aliphatic heterocycles. The van der Waals surface area contributed by atoms with E-state index in [1.54, 1.807) is 6.07 Å². The van der Waals surface area contributed by atoms with Gasteiger partial charge >= 0.3 is 63.2 Å². The first-order valence-electron chi connectivity index (χ1n) is 2.44. The second-order valence-corrected chi connectivity index (χ2v) is 1.55. The Morgan fingerprint density at radius 3 is 1.87 bits per heavy atom. The van der Waals surface area contributed by atoms with Crippen LogP contribution >= 0.6 is 0 Å². The van der Waals surface area contributed by atoms with Crippen molar-refractivity contribution in [1.82, 2.24) is 4.98 Å². The number of carboxylic acid groups (broad SMARTS) is 1. The molecule has 1 rings (SSSR count). The zero-order chi connectivity index (χ0) is 6.69. The Morgan fingerprint density at radius 1 is 1.20 bits per heavy atom. The van der Waals surface area contributed by atoms with Crippen LogP contribution in [0.5, 0.6) is 0 Å². The van der Waals surface area contributed by atoms with E-state index in [0.29, 0.717) is 0 Å². The summed E-state index contributed by atoms with van der Waals surface area (Å²) in [5, 5.41) is 8.34. The number of hydrogen-bond donors (Lipinski definition) is 1. The molecule has 0 fully saturated rings. The molecule has 0 bridgehead atoms. The van der Waals surface area contributed by atoms with Crippen molar-refractivity contribution in [3.05, 3.63) is 30.1 Å². The molecule has 0 amide bonds. The van der Waals surface area contributed by atoms with Gasteiger partial charge in [-0.3, -0.25) is 4.98 Å². The SMILES string of the molecule is O=C(O)c1cccnc1.[Ca+2].[Cl-].[Cl-].[Cl-].[Cl-].[Zn+2]. The minimum Gasteiger partial charge on any atom is -1.00 e. The quantitative estimate of drug-likeness (QED) is 0.500. The van der Waals surface area contributed by atoms with E-state index in [9.17, 15) is 4.79 Å².